The number of nitrogens with zero attached hydrogens (tertiary/aromatic N) is 4. The molecule has 0 radical (unpaired) electrons. The Bertz CT molecular complexity index is 702. The van der Waals surface area contributed by atoms with Crippen molar-refractivity contribution in [1.29, 1.82) is 0 Å². The minimum absolute atomic E-state index is 0.200. The normalized spacial score (nSPS) is 17.6. The lowest BCUT2D eigenvalue weighted by Gasteiger charge is -2.30. The van der Waals surface area contributed by atoms with E-state index in [0.717, 1.165) is 48.3 Å². The van der Waals surface area contributed by atoms with E-state index in [9.17, 15) is 4.79 Å². The summed E-state index contributed by atoms with van der Waals surface area (Å²) < 4.78 is 7.29. The van der Waals surface area contributed by atoms with Gasteiger partial charge in [-0.25, -0.2) is 0 Å². The second kappa shape index (κ2) is 9.53. The number of rotatable bonds is 8. The molecule has 1 fully saturated rings. The standard InChI is InChI=1S/C18H26N4O2S2/c1-14-6-3-8-21(12-14)16(23)13-26-18-20-19-17(15-7-4-11-25-15)22(18)9-5-10-24-2/h4,7,11,14H,3,5-6,8-10,12-13H2,1-2H3/t14-/m1/s1. The summed E-state index contributed by atoms with van der Waals surface area (Å²) in [5.74, 6) is 2.09. The topological polar surface area (TPSA) is 60.2 Å². The van der Waals surface area contributed by atoms with Gasteiger partial charge in [0, 0.05) is 33.4 Å². The molecule has 2 aromatic rings. The Morgan fingerprint density at radius 2 is 2.35 bits per heavy atom. The highest BCUT2D eigenvalue weighted by Crippen LogP contribution is 2.28. The predicted molar refractivity (Wildman–Crippen MR) is 106 cm³/mol. The monoisotopic (exact) mass is 394 g/mol. The average molecular weight is 395 g/mol. The number of thiophene rings is 1. The van der Waals surface area contributed by atoms with Crippen molar-refractivity contribution in [2.75, 3.05) is 32.6 Å². The lowest BCUT2D eigenvalue weighted by atomic mass is 10.0. The summed E-state index contributed by atoms with van der Waals surface area (Å²) in [6.45, 7) is 5.44. The largest absolute Gasteiger partial charge is 0.385 e. The molecular weight excluding hydrogens is 368 g/mol. The highest BCUT2D eigenvalue weighted by molar-refractivity contribution is 7.99. The van der Waals surface area contributed by atoms with E-state index in [1.165, 1.54) is 18.2 Å². The Morgan fingerprint density at radius 3 is 3.08 bits per heavy atom. The second-order valence-electron chi connectivity index (χ2n) is 6.66. The van der Waals surface area contributed by atoms with Gasteiger partial charge in [0.1, 0.15) is 0 Å². The minimum Gasteiger partial charge on any atom is -0.385 e. The highest BCUT2D eigenvalue weighted by Gasteiger charge is 2.22. The van der Waals surface area contributed by atoms with Gasteiger partial charge >= 0.3 is 0 Å². The zero-order valence-corrected chi connectivity index (χ0v) is 17.0. The molecular formula is C18H26N4O2S2. The fourth-order valence-electron chi connectivity index (χ4n) is 3.19. The molecule has 1 aliphatic rings. The summed E-state index contributed by atoms with van der Waals surface area (Å²) >= 11 is 3.14. The van der Waals surface area contributed by atoms with Gasteiger partial charge in [-0.3, -0.25) is 4.79 Å². The summed E-state index contributed by atoms with van der Waals surface area (Å²) in [5, 5.41) is 11.6. The summed E-state index contributed by atoms with van der Waals surface area (Å²) in [4.78, 5) is 15.6. The Labute approximate surface area is 162 Å². The summed E-state index contributed by atoms with van der Waals surface area (Å²) in [7, 11) is 1.71. The number of methoxy groups -OCH3 is 1. The van der Waals surface area contributed by atoms with E-state index < -0.39 is 0 Å². The van der Waals surface area contributed by atoms with E-state index in [-0.39, 0.29) is 5.91 Å². The minimum atomic E-state index is 0.200. The SMILES string of the molecule is COCCCn1c(SCC(=O)N2CCC[C@@H](C)C2)nnc1-c1cccs1. The molecule has 0 bridgehead atoms. The molecule has 3 rings (SSSR count). The summed E-state index contributed by atoms with van der Waals surface area (Å²) in [6.07, 6.45) is 3.21. The first-order chi connectivity index (χ1) is 12.7. The third-order valence-electron chi connectivity index (χ3n) is 4.52. The molecule has 1 saturated heterocycles. The molecule has 26 heavy (non-hydrogen) atoms. The molecule has 0 saturated carbocycles. The van der Waals surface area contributed by atoms with Crippen LogP contribution in [0.2, 0.25) is 0 Å². The van der Waals surface area contributed by atoms with Crippen molar-refractivity contribution in [2.24, 2.45) is 5.92 Å². The molecule has 1 aliphatic heterocycles. The molecule has 0 aromatic carbocycles. The molecule has 1 amide bonds. The first-order valence-electron chi connectivity index (χ1n) is 9.05. The maximum Gasteiger partial charge on any atom is 0.233 e. The molecule has 6 nitrogen and oxygen atoms in total. The van der Waals surface area contributed by atoms with Crippen LogP contribution in [0, 0.1) is 5.92 Å². The van der Waals surface area contributed by atoms with E-state index in [1.54, 1.807) is 18.4 Å². The van der Waals surface area contributed by atoms with Gasteiger partial charge in [-0.05, 0) is 36.6 Å². The highest BCUT2D eigenvalue weighted by atomic mass is 32.2. The number of carbonyl (C=O) groups is 1. The van der Waals surface area contributed by atoms with E-state index in [0.29, 0.717) is 18.3 Å². The van der Waals surface area contributed by atoms with Crippen molar-refractivity contribution < 1.29 is 9.53 Å². The third kappa shape index (κ3) is 4.86. The van der Waals surface area contributed by atoms with Crippen molar-refractivity contribution >= 4 is 29.0 Å². The molecule has 0 N–H and O–H groups in total. The average Bonchev–Trinajstić information content (AvgIpc) is 3.29. The van der Waals surface area contributed by atoms with Gasteiger partial charge in [-0.2, -0.15) is 0 Å². The molecule has 1 atom stereocenters. The Kier molecular flexibility index (Phi) is 7.10. The summed E-state index contributed by atoms with van der Waals surface area (Å²) in [6, 6.07) is 4.07. The van der Waals surface area contributed by atoms with Crippen LogP contribution in [0.4, 0.5) is 0 Å². The number of hydrogen-bond acceptors (Lipinski definition) is 6. The Balaban J connectivity index is 1.67. The number of piperidine rings is 1. The fourth-order valence-corrected chi connectivity index (χ4v) is 4.77. The van der Waals surface area contributed by atoms with Crippen molar-refractivity contribution in [3.8, 4) is 10.7 Å². The fraction of sp³-hybridized carbons (Fsp3) is 0.611. The molecule has 0 spiro atoms. The van der Waals surface area contributed by atoms with Gasteiger partial charge in [-0.15, -0.1) is 21.5 Å². The lowest BCUT2D eigenvalue weighted by Crippen LogP contribution is -2.40. The van der Waals surface area contributed by atoms with Crippen LogP contribution >= 0.6 is 23.1 Å². The number of thioether (sulfide) groups is 1. The smallest absolute Gasteiger partial charge is 0.233 e. The Morgan fingerprint density at radius 1 is 1.46 bits per heavy atom. The van der Waals surface area contributed by atoms with Gasteiger partial charge in [-0.1, -0.05) is 24.8 Å². The van der Waals surface area contributed by atoms with E-state index >= 15 is 0 Å². The lowest BCUT2D eigenvalue weighted by molar-refractivity contribution is -0.130. The van der Waals surface area contributed by atoms with E-state index in [2.05, 4.69) is 27.8 Å². The van der Waals surface area contributed by atoms with Crippen LogP contribution < -0.4 is 0 Å². The van der Waals surface area contributed by atoms with Gasteiger partial charge in [0.25, 0.3) is 0 Å². The quantitative estimate of drug-likeness (QED) is 0.507. The van der Waals surface area contributed by atoms with E-state index in [4.69, 9.17) is 4.74 Å². The van der Waals surface area contributed by atoms with Crippen molar-refractivity contribution in [3.63, 3.8) is 0 Å². The van der Waals surface area contributed by atoms with Crippen molar-refractivity contribution in [2.45, 2.75) is 37.9 Å². The number of ether oxygens (including phenoxy) is 1. The molecule has 0 unspecified atom stereocenters. The van der Waals surface area contributed by atoms with E-state index in [1.807, 2.05) is 16.3 Å². The Hall–Kier alpha value is -1.38. The molecule has 142 valence electrons. The van der Waals surface area contributed by atoms with Crippen molar-refractivity contribution in [1.82, 2.24) is 19.7 Å². The zero-order valence-electron chi connectivity index (χ0n) is 15.4. The predicted octanol–water partition coefficient (Wildman–Crippen LogP) is 3.39. The van der Waals surface area contributed by atoms with Crippen LogP contribution in [0.15, 0.2) is 22.7 Å². The molecule has 0 aliphatic carbocycles. The van der Waals surface area contributed by atoms with Gasteiger partial charge in [0.2, 0.25) is 5.91 Å². The van der Waals surface area contributed by atoms with Crippen LogP contribution in [0.5, 0.6) is 0 Å². The molecule has 2 aromatic heterocycles. The number of likely N-dealkylation sites (tertiary alicyclic amines) is 1. The first kappa shape index (κ1) is 19.4. The van der Waals surface area contributed by atoms with Crippen LogP contribution in [-0.4, -0.2) is 58.1 Å². The number of amides is 1. The third-order valence-corrected chi connectivity index (χ3v) is 6.34. The maximum atomic E-state index is 12.6. The number of carbonyl (C=O) groups excluding carboxylic acids is 1. The first-order valence-corrected chi connectivity index (χ1v) is 10.9. The number of aromatic nitrogens is 3. The molecule has 3 heterocycles. The zero-order chi connectivity index (χ0) is 18.4. The molecule has 8 heteroatoms. The van der Waals surface area contributed by atoms with Gasteiger partial charge in [0.15, 0.2) is 11.0 Å². The van der Waals surface area contributed by atoms with Crippen LogP contribution in [-0.2, 0) is 16.1 Å². The van der Waals surface area contributed by atoms with Crippen LogP contribution in [0.25, 0.3) is 10.7 Å². The van der Waals surface area contributed by atoms with Gasteiger partial charge < -0.3 is 14.2 Å². The van der Waals surface area contributed by atoms with Gasteiger partial charge in [0.05, 0.1) is 10.6 Å². The maximum absolute atomic E-state index is 12.6. The second-order valence-corrected chi connectivity index (χ2v) is 8.55. The number of hydrogen-bond donors (Lipinski definition) is 0. The van der Waals surface area contributed by atoms with Crippen molar-refractivity contribution in [3.05, 3.63) is 17.5 Å². The van der Waals surface area contributed by atoms with Crippen LogP contribution in [0.3, 0.4) is 0 Å². The van der Waals surface area contributed by atoms with Crippen LogP contribution in [0.1, 0.15) is 26.2 Å². The summed E-state index contributed by atoms with van der Waals surface area (Å²) in [5.41, 5.74) is 0.